The van der Waals surface area contributed by atoms with E-state index < -0.39 is 5.91 Å². The molecule has 22 heavy (non-hydrogen) atoms. The van der Waals surface area contributed by atoms with Crippen LogP contribution in [-0.2, 0) is 0 Å². The number of rotatable bonds is 4. The van der Waals surface area contributed by atoms with E-state index in [4.69, 9.17) is 17.3 Å². The van der Waals surface area contributed by atoms with Crippen molar-refractivity contribution in [2.45, 2.75) is 0 Å². The fraction of sp³-hybridized carbons (Fsp3) is 0. The maximum absolute atomic E-state index is 11.1. The van der Waals surface area contributed by atoms with Crippen LogP contribution < -0.4 is 11.1 Å². The smallest absolute Gasteiger partial charge is 0.250 e. The molecule has 3 aromatic rings. The van der Waals surface area contributed by atoms with Crippen LogP contribution in [-0.4, -0.2) is 30.6 Å². The Kier molecular flexibility index (Phi) is 3.67. The average Bonchev–Trinajstić information content (AvgIpc) is 2.98. The topological polar surface area (TPSA) is 112 Å². The van der Waals surface area contributed by atoms with Gasteiger partial charge in [-0.05, 0) is 12.1 Å². The third kappa shape index (κ3) is 2.86. The first-order valence-corrected chi connectivity index (χ1v) is 6.56. The van der Waals surface area contributed by atoms with Gasteiger partial charge in [-0.2, -0.15) is 5.10 Å². The lowest BCUT2D eigenvalue weighted by Gasteiger charge is -2.05. The third-order valence-corrected chi connectivity index (χ3v) is 3.02. The van der Waals surface area contributed by atoms with Gasteiger partial charge < -0.3 is 11.1 Å². The van der Waals surface area contributed by atoms with Crippen LogP contribution in [0.4, 0.5) is 11.5 Å². The molecule has 0 radical (unpaired) electrons. The molecule has 3 rings (SSSR count). The van der Waals surface area contributed by atoms with Crippen LogP contribution in [0.25, 0.3) is 5.95 Å². The van der Waals surface area contributed by atoms with Crippen LogP contribution >= 0.6 is 11.6 Å². The number of carbonyl (C=O) groups excluding carboxylic acids is 1. The third-order valence-electron chi connectivity index (χ3n) is 2.73. The molecule has 0 aromatic carbocycles. The van der Waals surface area contributed by atoms with Crippen molar-refractivity contribution in [2.24, 2.45) is 5.73 Å². The van der Waals surface area contributed by atoms with Gasteiger partial charge in [0.25, 0.3) is 0 Å². The molecular formula is C13H10ClN7O. The lowest BCUT2D eigenvalue weighted by molar-refractivity contribution is 0.1000. The van der Waals surface area contributed by atoms with Gasteiger partial charge in [0.05, 0.1) is 28.7 Å². The largest absolute Gasteiger partial charge is 0.366 e. The number of primary amides is 1. The predicted octanol–water partition coefficient (Wildman–Crippen LogP) is 1.55. The van der Waals surface area contributed by atoms with Gasteiger partial charge in [-0.25, -0.2) is 19.6 Å². The minimum absolute atomic E-state index is 0.240. The van der Waals surface area contributed by atoms with E-state index in [2.05, 4.69) is 25.4 Å². The summed E-state index contributed by atoms with van der Waals surface area (Å²) in [5.41, 5.74) is 6.05. The highest BCUT2D eigenvalue weighted by atomic mass is 35.5. The van der Waals surface area contributed by atoms with Crippen molar-refractivity contribution in [3.8, 4) is 5.95 Å². The number of carbonyl (C=O) groups is 1. The average molecular weight is 316 g/mol. The van der Waals surface area contributed by atoms with Gasteiger partial charge in [-0.15, -0.1) is 0 Å². The first-order chi connectivity index (χ1) is 10.6. The number of nitrogens with two attached hydrogens (primary N) is 1. The fourth-order valence-electron chi connectivity index (χ4n) is 1.71. The van der Waals surface area contributed by atoms with E-state index in [1.54, 1.807) is 30.9 Å². The van der Waals surface area contributed by atoms with E-state index >= 15 is 0 Å². The number of hydrogen-bond acceptors (Lipinski definition) is 6. The summed E-state index contributed by atoms with van der Waals surface area (Å²) in [7, 11) is 0. The van der Waals surface area contributed by atoms with Crippen molar-refractivity contribution < 1.29 is 4.79 Å². The zero-order valence-corrected chi connectivity index (χ0v) is 11.9. The van der Waals surface area contributed by atoms with Crippen LogP contribution in [0.3, 0.4) is 0 Å². The number of amides is 1. The number of pyridine rings is 1. The van der Waals surface area contributed by atoms with Crippen LogP contribution in [0, 0.1) is 0 Å². The maximum Gasteiger partial charge on any atom is 0.250 e. The number of hydrogen-bond donors (Lipinski definition) is 2. The molecular weight excluding hydrogens is 306 g/mol. The van der Waals surface area contributed by atoms with Gasteiger partial charge in [-0.1, -0.05) is 11.6 Å². The van der Waals surface area contributed by atoms with E-state index in [1.165, 1.54) is 16.9 Å². The number of aromatic nitrogens is 5. The second-order valence-electron chi connectivity index (χ2n) is 4.27. The van der Waals surface area contributed by atoms with E-state index in [-0.39, 0.29) is 10.6 Å². The van der Waals surface area contributed by atoms with E-state index in [1.807, 2.05) is 0 Å². The van der Waals surface area contributed by atoms with Crippen molar-refractivity contribution in [3.05, 3.63) is 53.7 Å². The van der Waals surface area contributed by atoms with Gasteiger partial charge in [0.2, 0.25) is 11.9 Å². The maximum atomic E-state index is 11.1. The molecule has 0 aliphatic heterocycles. The van der Waals surface area contributed by atoms with E-state index in [0.29, 0.717) is 17.5 Å². The molecule has 9 heteroatoms. The Morgan fingerprint density at radius 1 is 1.23 bits per heavy atom. The Morgan fingerprint density at radius 2 is 2.00 bits per heavy atom. The van der Waals surface area contributed by atoms with Gasteiger partial charge in [0.1, 0.15) is 5.82 Å². The Labute approximate surface area is 130 Å². The summed E-state index contributed by atoms with van der Waals surface area (Å²) in [6, 6.07) is 3.17. The summed E-state index contributed by atoms with van der Waals surface area (Å²) >= 11 is 6.06. The first kappa shape index (κ1) is 14.0. The summed E-state index contributed by atoms with van der Waals surface area (Å²) in [4.78, 5) is 23.3. The van der Waals surface area contributed by atoms with Gasteiger partial charge in [-0.3, -0.25) is 4.79 Å². The van der Waals surface area contributed by atoms with Crippen LogP contribution in [0.1, 0.15) is 10.4 Å². The molecule has 8 nitrogen and oxygen atoms in total. The second-order valence-corrected chi connectivity index (χ2v) is 4.67. The monoisotopic (exact) mass is 315 g/mol. The van der Waals surface area contributed by atoms with E-state index in [9.17, 15) is 4.79 Å². The molecule has 0 aliphatic carbocycles. The van der Waals surface area contributed by atoms with Crippen LogP contribution in [0.15, 0.2) is 43.1 Å². The minimum Gasteiger partial charge on any atom is -0.366 e. The van der Waals surface area contributed by atoms with Crippen molar-refractivity contribution in [1.82, 2.24) is 24.7 Å². The molecule has 3 aromatic heterocycles. The second kappa shape index (κ2) is 5.78. The lowest BCUT2D eigenvalue weighted by atomic mass is 10.2. The molecule has 3 N–H and O–H groups in total. The molecule has 0 fully saturated rings. The highest BCUT2D eigenvalue weighted by Gasteiger charge is 2.09. The Bertz CT molecular complexity index is 818. The zero-order valence-electron chi connectivity index (χ0n) is 11.1. The van der Waals surface area contributed by atoms with Gasteiger partial charge in [0, 0.05) is 18.6 Å². The van der Waals surface area contributed by atoms with Crippen molar-refractivity contribution in [2.75, 3.05) is 5.32 Å². The Hall–Kier alpha value is -3.00. The number of halogens is 1. The molecule has 110 valence electrons. The quantitative estimate of drug-likeness (QED) is 0.755. The lowest BCUT2D eigenvalue weighted by Crippen LogP contribution is -2.11. The number of nitrogens with one attached hydrogen (secondary N) is 1. The summed E-state index contributed by atoms with van der Waals surface area (Å²) in [6.45, 7) is 0. The summed E-state index contributed by atoms with van der Waals surface area (Å²) in [5, 5.41) is 7.41. The number of nitrogens with zero attached hydrogens (tertiary/aromatic N) is 5. The highest BCUT2D eigenvalue weighted by Crippen LogP contribution is 2.23. The van der Waals surface area contributed by atoms with Crippen molar-refractivity contribution >= 4 is 29.0 Å². The SMILES string of the molecule is NC(=O)c1cnc(Nc2cnn(-c3ncccn3)c2)c(Cl)c1. The highest BCUT2D eigenvalue weighted by molar-refractivity contribution is 6.33. The standard InChI is InChI=1S/C13H10ClN7O/c14-10-4-8(11(15)22)5-18-12(10)20-9-6-19-21(7-9)13-16-2-1-3-17-13/h1-7H,(H2,15,22)(H,18,20). The Balaban J connectivity index is 1.82. The van der Waals surface area contributed by atoms with E-state index in [0.717, 1.165) is 0 Å². The first-order valence-electron chi connectivity index (χ1n) is 6.18. The molecule has 0 unspecified atom stereocenters. The summed E-state index contributed by atoms with van der Waals surface area (Å²) < 4.78 is 1.51. The Morgan fingerprint density at radius 3 is 2.68 bits per heavy atom. The predicted molar refractivity (Wildman–Crippen MR) is 80.2 cm³/mol. The summed E-state index contributed by atoms with van der Waals surface area (Å²) in [6.07, 6.45) is 7.86. The minimum atomic E-state index is -0.588. The molecule has 0 saturated carbocycles. The molecule has 0 bridgehead atoms. The normalized spacial score (nSPS) is 10.4. The molecule has 1 amide bonds. The van der Waals surface area contributed by atoms with Crippen LogP contribution in [0.5, 0.6) is 0 Å². The zero-order chi connectivity index (χ0) is 15.5. The molecule has 0 spiro atoms. The molecule has 0 aliphatic rings. The molecule has 0 saturated heterocycles. The molecule has 3 heterocycles. The van der Waals surface area contributed by atoms with Gasteiger partial charge in [0.15, 0.2) is 0 Å². The van der Waals surface area contributed by atoms with Crippen molar-refractivity contribution in [1.29, 1.82) is 0 Å². The van der Waals surface area contributed by atoms with Crippen molar-refractivity contribution in [3.63, 3.8) is 0 Å². The van der Waals surface area contributed by atoms with Crippen LogP contribution in [0.2, 0.25) is 5.02 Å². The summed E-state index contributed by atoms with van der Waals surface area (Å²) in [5.74, 6) is 0.244. The fourth-order valence-corrected chi connectivity index (χ4v) is 1.92. The number of anilines is 2. The molecule has 0 atom stereocenters. The van der Waals surface area contributed by atoms with Gasteiger partial charge >= 0.3 is 0 Å².